The number of aromatic nitrogens is 6. The molecule has 3 aromatic heterocycles. The molecule has 0 aromatic carbocycles. The summed E-state index contributed by atoms with van der Waals surface area (Å²) in [6.45, 7) is 4.73. The van der Waals surface area contributed by atoms with Gasteiger partial charge in [-0.05, 0) is 51.7 Å². The largest absolute Gasteiger partial charge is 0.489 e. The SMILES string of the molecule is CCOc1nc(NCc2c(-c3ccc(O[C@H]4CCC[C@H](C(=O)O)C4)c(C)n3)nnn2C)ns1. The Morgan fingerprint density at radius 2 is 2.18 bits per heavy atom. The molecule has 3 aromatic rings. The number of carboxylic acid groups (broad SMARTS) is 1. The number of rotatable bonds is 9. The Kier molecular flexibility index (Phi) is 7.02. The van der Waals surface area contributed by atoms with E-state index in [1.807, 2.05) is 33.0 Å². The molecule has 3 heterocycles. The molecule has 0 saturated heterocycles. The van der Waals surface area contributed by atoms with Crippen molar-refractivity contribution >= 4 is 23.5 Å². The van der Waals surface area contributed by atoms with Crippen LogP contribution in [0.5, 0.6) is 10.9 Å². The van der Waals surface area contributed by atoms with Gasteiger partial charge in [0.2, 0.25) is 5.95 Å². The summed E-state index contributed by atoms with van der Waals surface area (Å²) in [6, 6.07) is 3.71. The maximum absolute atomic E-state index is 11.3. The van der Waals surface area contributed by atoms with Gasteiger partial charge in [-0.1, -0.05) is 5.21 Å². The quantitative estimate of drug-likeness (QED) is 0.477. The third kappa shape index (κ3) is 5.38. The number of carbonyl (C=O) groups is 1. The Bertz CT molecular complexity index is 1120. The van der Waals surface area contributed by atoms with E-state index in [2.05, 4.69) is 30.0 Å². The van der Waals surface area contributed by atoms with Gasteiger partial charge in [0, 0.05) is 18.6 Å². The third-order valence-corrected chi connectivity index (χ3v) is 6.21. The molecule has 33 heavy (non-hydrogen) atoms. The summed E-state index contributed by atoms with van der Waals surface area (Å²) in [6.07, 6.45) is 2.81. The lowest BCUT2D eigenvalue weighted by Crippen LogP contribution is -2.29. The van der Waals surface area contributed by atoms with Crippen LogP contribution in [0.15, 0.2) is 12.1 Å². The van der Waals surface area contributed by atoms with Crippen molar-refractivity contribution in [2.24, 2.45) is 13.0 Å². The normalized spacial score (nSPS) is 18.2. The zero-order valence-corrected chi connectivity index (χ0v) is 19.6. The van der Waals surface area contributed by atoms with Crippen LogP contribution in [0.1, 0.15) is 44.0 Å². The van der Waals surface area contributed by atoms with Crippen LogP contribution in [-0.2, 0) is 18.4 Å². The summed E-state index contributed by atoms with van der Waals surface area (Å²) >= 11 is 1.19. The van der Waals surface area contributed by atoms with E-state index < -0.39 is 5.97 Å². The second kappa shape index (κ2) is 10.1. The van der Waals surface area contributed by atoms with Gasteiger partial charge in [0.25, 0.3) is 5.19 Å². The lowest BCUT2D eigenvalue weighted by atomic mass is 9.87. The second-order valence-corrected chi connectivity index (χ2v) is 8.61. The molecule has 1 aliphatic carbocycles. The van der Waals surface area contributed by atoms with E-state index in [0.717, 1.165) is 24.2 Å². The Balaban J connectivity index is 1.46. The number of nitrogens with one attached hydrogen (secondary N) is 1. The monoisotopic (exact) mass is 473 g/mol. The Morgan fingerprint density at radius 3 is 2.94 bits per heavy atom. The van der Waals surface area contributed by atoms with Crippen molar-refractivity contribution in [3.8, 4) is 22.3 Å². The zero-order valence-electron chi connectivity index (χ0n) is 18.8. The van der Waals surface area contributed by atoms with Crippen LogP contribution < -0.4 is 14.8 Å². The minimum absolute atomic E-state index is 0.116. The number of aryl methyl sites for hydroxylation is 2. The molecule has 4 rings (SSSR count). The van der Waals surface area contributed by atoms with Crippen molar-refractivity contribution in [2.45, 2.75) is 52.2 Å². The fourth-order valence-electron chi connectivity index (χ4n) is 3.86. The van der Waals surface area contributed by atoms with Gasteiger partial charge in [-0.3, -0.25) is 4.79 Å². The van der Waals surface area contributed by atoms with E-state index in [0.29, 0.717) is 54.3 Å². The van der Waals surface area contributed by atoms with E-state index >= 15 is 0 Å². The topological polar surface area (TPSA) is 137 Å². The predicted molar refractivity (Wildman–Crippen MR) is 121 cm³/mol. The summed E-state index contributed by atoms with van der Waals surface area (Å²) in [7, 11) is 1.82. The smallest absolute Gasteiger partial charge is 0.306 e. The van der Waals surface area contributed by atoms with Crippen LogP contribution >= 0.6 is 11.5 Å². The Hall–Kier alpha value is -3.28. The number of nitrogens with zero attached hydrogens (tertiary/aromatic N) is 6. The molecule has 12 heteroatoms. The van der Waals surface area contributed by atoms with Gasteiger partial charge >= 0.3 is 5.97 Å². The molecule has 0 spiro atoms. The number of pyridine rings is 1. The van der Waals surface area contributed by atoms with E-state index in [1.54, 1.807) is 4.68 Å². The summed E-state index contributed by atoms with van der Waals surface area (Å²) < 4.78 is 17.4. The summed E-state index contributed by atoms with van der Waals surface area (Å²) in [5.41, 5.74) is 2.89. The highest BCUT2D eigenvalue weighted by atomic mass is 32.1. The molecule has 2 N–H and O–H groups in total. The maximum atomic E-state index is 11.3. The Labute approximate surface area is 195 Å². The standard InChI is InChI=1S/C21H27N7O4S/c1-4-31-21-24-20(26-33-21)22-11-16-18(25-27-28(16)3)15-8-9-17(12(2)23-15)32-14-7-5-6-13(10-14)19(29)30/h8-9,13-14H,4-7,10-11H2,1-3H3,(H,22,26)(H,29,30)/t13-,14-/m0/s1. The first-order valence-electron chi connectivity index (χ1n) is 10.9. The molecular formula is C21H27N7O4S. The molecule has 0 aliphatic heterocycles. The highest BCUT2D eigenvalue weighted by molar-refractivity contribution is 7.07. The maximum Gasteiger partial charge on any atom is 0.306 e. The molecule has 0 radical (unpaired) electrons. The van der Waals surface area contributed by atoms with Crippen molar-refractivity contribution in [3.05, 3.63) is 23.5 Å². The highest BCUT2D eigenvalue weighted by Gasteiger charge is 2.28. The second-order valence-electron chi connectivity index (χ2n) is 7.90. The van der Waals surface area contributed by atoms with Crippen molar-refractivity contribution in [1.29, 1.82) is 0 Å². The van der Waals surface area contributed by atoms with E-state index in [1.165, 1.54) is 11.5 Å². The molecule has 0 unspecified atom stereocenters. The lowest BCUT2D eigenvalue weighted by molar-refractivity contribution is -0.143. The van der Waals surface area contributed by atoms with Gasteiger partial charge in [-0.2, -0.15) is 4.98 Å². The number of ether oxygens (including phenoxy) is 2. The van der Waals surface area contributed by atoms with Crippen LogP contribution in [0.25, 0.3) is 11.4 Å². The molecule has 2 atom stereocenters. The molecule has 1 saturated carbocycles. The predicted octanol–water partition coefficient (Wildman–Crippen LogP) is 3.07. The van der Waals surface area contributed by atoms with Gasteiger partial charge in [0.1, 0.15) is 11.4 Å². The fourth-order valence-corrected chi connectivity index (χ4v) is 4.43. The summed E-state index contributed by atoms with van der Waals surface area (Å²) in [5.74, 6) is 0.0473. The minimum atomic E-state index is -0.751. The molecule has 0 amide bonds. The number of anilines is 1. The first kappa shape index (κ1) is 22.9. The first-order valence-corrected chi connectivity index (χ1v) is 11.7. The summed E-state index contributed by atoms with van der Waals surface area (Å²) in [4.78, 5) is 20.3. The average molecular weight is 474 g/mol. The zero-order chi connectivity index (χ0) is 23.4. The highest BCUT2D eigenvalue weighted by Crippen LogP contribution is 2.30. The molecule has 0 bridgehead atoms. The van der Waals surface area contributed by atoms with Crippen molar-refractivity contribution in [3.63, 3.8) is 0 Å². The number of hydrogen-bond acceptors (Lipinski definition) is 10. The number of carboxylic acids is 1. The van der Waals surface area contributed by atoms with Gasteiger partial charge in [-0.25, -0.2) is 9.67 Å². The molecular weight excluding hydrogens is 446 g/mol. The number of aliphatic carboxylic acids is 1. The van der Waals surface area contributed by atoms with Crippen LogP contribution in [0.4, 0.5) is 5.95 Å². The number of hydrogen-bond donors (Lipinski definition) is 2. The minimum Gasteiger partial charge on any atom is -0.489 e. The summed E-state index contributed by atoms with van der Waals surface area (Å²) in [5, 5.41) is 21.4. The van der Waals surface area contributed by atoms with E-state index in [4.69, 9.17) is 9.47 Å². The molecule has 176 valence electrons. The van der Waals surface area contributed by atoms with Crippen LogP contribution in [0.3, 0.4) is 0 Å². The average Bonchev–Trinajstić information content (AvgIpc) is 3.40. The van der Waals surface area contributed by atoms with Gasteiger partial charge in [0.05, 0.1) is 42.3 Å². The van der Waals surface area contributed by atoms with Crippen LogP contribution in [0.2, 0.25) is 0 Å². The van der Waals surface area contributed by atoms with Gasteiger partial charge in [-0.15, -0.1) is 9.47 Å². The van der Waals surface area contributed by atoms with Crippen molar-refractivity contribution in [1.82, 2.24) is 29.3 Å². The van der Waals surface area contributed by atoms with Crippen LogP contribution in [-0.4, -0.2) is 53.1 Å². The van der Waals surface area contributed by atoms with Gasteiger partial charge in [0.15, 0.2) is 0 Å². The first-order chi connectivity index (χ1) is 15.9. The van der Waals surface area contributed by atoms with E-state index in [9.17, 15) is 9.90 Å². The fraction of sp³-hybridized carbons (Fsp3) is 0.524. The molecule has 11 nitrogen and oxygen atoms in total. The van der Waals surface area contributed by atoms with Crippen molar-refractivity contribution in [2.75, 3.05) is 11.9 Å². The Morgan fingerprint density at radius 1 is 1.33 bits per heavy atom. The third-order valence-electron chi connectivity index (χ3n) is 5.58. The lowest BCUT2D eigenvalue weighted by Gasteiger charge is -2.27. The van der Waals surface area contributed by atoms with Crippen LogP contribution in [0, 0.1) is 12.8 Å². The van der Waals surface area contributed by atoms with Crippen molar-refractivity contribution < 1.29 is 19.4 Å². The molecule has 1 fully saturated rings. The van der Waals surface area contributed by atoms with E-state index in [-0.39, 0.29) is 12.0 Å². The molecule has 1 aliphatic rings. The van der Waals surface area contributed by atoms with Gasteiger partial charge < -0.3 is 19.9 Å².